The largest absolute Gasteiger partial charge is 0.481 e. The van der Waals surface area contributed by atoms with Crippen LogP contribution in [0.1, 0.15) is 90.9 Å². The van der Waals surface area contributed by atoms with Crippen LogP contribution in [0.15, 0.2) is 0 Å². The van der Waals surface area contributed by atoms with Gasteiger partial charge in [-0.2, -0.15) is 0 Å². The van der Waals surface area contributed by atoms with Crippen molar-refractivity contribution in [1.82, 2.24) is 4.72 Å². The van der Waals surface area contributed by atoms with Crippen molar-refractivity contribution < 1.29 is 27.9 Å². The molecular weight excluding hydrogens is 370 g/mol. The lowest BCUT2D eigenvalue weighted by molar-refractivity contribution is -0.149. The molecule has 0 saturated carbocycles. The number of hydrogen-bond acceptors (Lipinski definition) is 5. The van der Waals surface area contributed by atoms with Crippen molar-refractivity contribution in [2.75, 3.05) is 12.3 Å². The third-order valence-corrected chi connectivity index (χ3v) is 5.77. The number of sulfonamides is 1. The number of carboxylic acid groups (broad SMARTS) is 1. The second-order valence-corrected chi connectivity index (χ2v) is 8.80. The molecule has 0 heterocycles. The molecule has 0 bridgehead atoms. The van der Waals surface area contributed by atoms with Crippen LogP contribution in [0, 0.1) is 0 Å². The van der Waals surface area contributed by atoms with E-state index in [2.05, 4.69) is 11.6 Å². The Kier molecular flexibility index (Phi) is 15.2. The van der Waals surface area contributed by atoms with E-state index >= 15 is 0 Å². The average Bonchev–Trinajstić information content (AvgIpc) is 2.60. The molecule has 7 nitrogen and oxygen atoms in total. The van der Waals surface area contributed by atoms with Gasteiger partial charge < -0.3 is 9.84 Å². The Morgan fingerprint density at radius 2 is 1.63 bits per heavy atom. The molecule has 0 fully saturated rings. The summed E-state index contributed by atoms with van der Waals surface area (Å²) in [6.07, 6.45) is 8.15. The van der Waals surface area contributed by atoms with Gasteiger partial charge in [-0.25, -0.2) is 13.1 Å². The van der Waals surface area contributed by atoms with Crippen LogP contribution < -0.4 is 4.72 Å². The molecule has 0 aliphatic heterocycles. The van der Waals surface area contributed by atoms with E-state index in [1.165, 1.54) is 0 Å². The molecule has 0 spiro atoms. The van der Waals surface area contributed by atoms with Gasteiger partial charge in [0.1, 0.15) is 6.10 Å². The standard InChI is InChI=1S/C19H37NO6S/c1-3-5-8-12-17(26-19(23)4-2)13-11-16-27(24,25)20-15-10-7-6-9-14-18(21)22/h17,20H,3-16H2,1-2H3,(H,21,22). The van der Waals surface area contributed by atoms with Gasteiger partial charge in [0.05, 0.1) is 5.75 Å². The number of rotatable bonds is 18. The Labute approximate surface area is 164 Å². The predicted octanol–water partition coefficient (Wildman–Crippen LogP) is 3.62. The Hall–Kier alpha value is -1.15. The number of carboxylic acids is 1. The van der Waals surface area contributed by atoms with E-state index in [1.54, 1.807) is 6.92 Å². The number of carbonyl (C=O) groups excluding carboxylic acids is 1. The minimum Gasteiger partial charge on any atom is -0.481 e. The predicted molar refractivity (Wildman–Crippen MR) is 106 cm³/mol. The summed E-state index contributed by atoms with van der Waals surface area (Å²) in [5.74, 6) is -1.01. The van der Waals surface area contributed by atoms with Crippen LogP contribution in [-0.2, 0) is 24.3 Å². The topological polar surface area (TPSA) is 110 Å². The zero-order valence-electron chi connectivity index (χ0n) is 16.9. The molecule has 0 rings (SSSR count). The van der Waals surface area contributed by atoms with Crippen LogP contribution in [0.25, 0.3) is 0 Å². The van der Waals surface area contributed by atoms with Gasteiger partial charge in [0.15, 0.2) is 0 Å². The maximum Gasteiger partial charge on any atom is 0.305 e. The summed E-state index contributed by atoms with van der Waals surface area (Å²) in [7, 11) is -3.33. The molecule has 160 valence electrons. The van der Waals surface area contributed by atoms with Crippen LogP contribution in [0.3, 0.4) is 0 Å². The third-order valence-electron chi connectivity index (χ3n) is 4.30. The molecule has 2 N–H and O–H groups in total. The number of esters is 1. The summed E-state index contributed by atoms with van der Waals surface area (Å²) >= 11 is 0. The van der Waals surface area contributed by atoms with E-state index in [0.717, 1.165) is 38.5 Å². The lowest BCUT2D eigenvalue weighted by Crippen LogP contribution is -2.28. The zero-order chi connectivity index (χ0) is 20.5. The highest BCUT2D eigenvalue weighted by molar-refractivity contribution is 7.89. The monoisotopic (exact) mass is 407 g/mol. The van der Waals surface area contributed by atoms with Gasteiger partial charge in [0, 0.05) is 19.4 Å². The van der Waals surface area contributed by atoms with Gasteiger partial charge in [-0.15, -0.1) is 0 Å². The second kappa shape index (κ2) is 15.9. The summed E-state index contributed by atoms with van der Waals surface area (Å²) in [6.45, 7) is 4.24. The molecule has 0 radical (unpaired) electrons. The fourth-order valence-electron chi connectivity index (χ4n) is 2.71. The maximum atomic E-state index is 12.0. The SMILES string of the molecule is CCCCCC(CCCS(=O)(=O)NCCCCCCC(=O)O)OC(=O)CC. The smallest absolute Gasteiger partial charge is 0.305 e. The first-order valence-electron chi connectivity index (χ1n) is 10.2. The Balaban J connectivity index is 4.02. The highest BCUT2D eigenvalue weighted by Crippen LogP contribution is 2.14. The van der Waals surface area contributed by atoms with E-state index in [1.807, 2.05) is 0 Å². The summed E-state index contributed by atoms with van der Waals surface area (Å²) < 4.78 is 32.1. The molecule has 0 aliphatic rings. The van der Waals surface area contributed by atoms with Gasteiger partial charge in [-0.05, 0) is 38.5 Å². The first kappa shape index (κ1) is 25.9. The highest BCUT2D eigenvalue weighted by Gasteiger charge is 2.16. The van der Waals surface area contributed by atoms with Crippen molar-refractivity contribution in [2.45, 2.75) is 97.0 Å². The van der Waals surface area contributed by atoms with Crippen molar-refractivity contribution in [3.63, 3.8) is 0 Å². The molecule has 0 aliphatic carbocycles. The molecule has 0 aromatic rings. The average molecular weight is 408 g/mol. The van der Waals surface area contributed by atoms with Crippen molar-refractivity contribution in [3.05, 3.63) is 0 Å². The fourth-order valence-corrected chi connectivity index (χ4v) is 3.86. The van der Waals surface area contributed by atoms with Gasteiger partial charge in [-0.1, -0.05) is 39.5 Å². The molecule has 8 heteroatoms. The van der Waals surface area contributed by atoms with Gasteiger partial charge in [-0.3, -0.25) is 9.59 Å². The minimum absolute atomic E-state index is 0.0277. The van der Waals surface area contributed by atoms with Crippen molar-refractivity contribution in [1.29, 1.82) is 0 Å². The summed E-state index contributed by atoms with van der Waals surface area (Å²) in [4.78, 5) is 21.9. The van der Waals surface area contributed by atoms with Crippen LogP contribution in [-0.4, -0.2) is 43.9 Å². The number of nitrogens with one attached hydrogen (secondary N) is 1. The Morgan fingerprint density at radius 1 is 0.963 bits per heavy atom. The molecule has 1 atom stereocenters. The first-order valence-corrected chi connectivity index (χ1v) is 11.8. The van der Waals surface area contributed by atoms with Crippen molar-refractivity contribution >= 4 is 22.0 Å². The van der Waals surface area contributed by atoms with Crippen molar-refractivity contribution in [2.24, 2.45) is 0 Å². The van der Waals surface area contributed by atoms with Crippen molar-refractivity contribution in [3.8, 4) is 0 Å². The van der Waals surface area contributed by atoms with E-state index in [-0.39, 0.29) is 24.2 Å². The summed E-state index contributed by atoms with van der Waals surface area (Å²) in [5.41, 5.74) is 0. The molecule has 1 unspecified atom stereocenters. The lowest BCUT2D eigenvalue weighted by Gasteiger charge is -2.17. The molecule has 27 heavy (non-hydrogen) atoms. The molecule has 0 aromatic carbocycles. The van der Waals surface area contributed by atoms with Gasteiger partial charge in [0.25, 0.3) is 0 Å². The zero-order valence-corrected chi connectivity index (χ0v) is 17.7. The van der Waals surface area contributed by atoms with E-state index in [9.17, 15) is 18.0 Å². The molecule has 0 aromatic heterocycles. The number of ether oxygens (including phenoxy) is 1. The quantitative estimate of drug-likeness (QED) is 0.265. The molecule has 0 amide bonds. The summed E-state index contributed by atoms with van der Waals surface area (Å²) in [6, 6.07) is 0. The molecular formula is C19H37NO6S. The first-order chi connectivity index (χ1) is 12.8. The van der Waals surface area contributed by atoms with Gasteiger partial charge >= 0.3 is 11.9 Å². The minimum atomic E-state index is -3.33. The highest BCUT2D eigenvalue weighted by atomic mass is 32.2. The lowest BCUT2D eigenvalue weighted by atomic mass is 10.1. The van der Waals surface area contributed by atoms with Crippen LogP contribution in [0.4, 0.5) is 0 Å². The maximum absolute atomic E-state index is 12.0. The normalized spacial score (nSPS) is 12.7. The van der Waals surface area contributed by atoms with Crippen LogP contribution in [0.5, 0.6) is 0 Å². The Bertz CT molecular complexity index is 506. The number of hydrogen-bond donors (Lipinski definition) is 2. The van der Waals surface area contributed by atoms with Crippen LogP contribution >= 0.6 is 0 Å². The fraction of sp³-hybridized carbons (Fsp3) is 0.895. The van der Waals surface area contributed by atoms with E-state index in [0.29, 0.717) is 38.6 Å². The van der Waals surface area contributed by atoms with Crippen LogP contribution in [0.2, 0.25) is 0 Å². The Morgan fingerprint density at radius 3 is 2.26 bits per heavy atom. The number of carbonyl (C=O) groups is 2. The second-order valence-electron chi connectivity index (χ2n) is 6.87. The number of unbranched alkanes of at least 4 members (excludes halogenated alkanes) is 5. The molecule has 0 saturated heterocycles. The third kappa shape index (κ3) is 16.7. The summed E-state index contributed by atoms with van der Waals surface area (Å²) in [5, 5.41) is 8.55. The van der Waals surface area contributed by atoms with E-state index < -0.39 is 16.0 Å². The number of aliphatic carboxylic acids is 1. The van der Waals surface area contributed by atoms with Gasteiger partial charge in [0.2, 0.25) is 10.0 Å². The van der Waals surface area contributed by atoms with E-state index in [4.69, 9.17) is 9.84 Å².